The first-order valence-electron chi connectivity index (χ1n) is 3.14. The maximum atomic E-state index is 11.1. The lowest BCUT2D eigenvalue weighted by molar-refractivity contribution is 0.473. The molecule has 0 unspecified atom stereocenters. The van der Waals surface area contributed by atoms with E-state index in [1.807, 2.05) is 0 Å². The Hall–Kier alpha value is -0.740. The number of phenolic OH excluding ortho intramolecular Hbond substituents is 1. The van der Waals surface area contributed by atoms with Crippen LogP contribution >= 0.6 is 11.6 Å². The molecule has 0 fully saturated rings. The predicted molar refractivity (Wildman–Crippen MR) is 46.0 cm³/mol. The minimum absolute atomic E-state index is 0.0394. The number of phenols is 1. The third-order valence-electron chi connectivity index (χ3n) is 1.32. The van der Waals surface area contributed by atoms with E-state index in [9.17, 15) is 8.42 Å². The lowest BCUT2D eigenvalue weighted by Crippen LogP contribution is -2.01. The van der Waals surface area contributed by atoms with Crippen molar-refractivity contribution in [1.82, 2.24) is 0 Å². The minimum Gasteiger partial charge on any atom is -0.508 e. The number of halogens is 1. The molecule has 12 heavy (non-hydrogen) atoms. The van der Waals surface area contributed by atoms with Gasteiger partial charge in [0.05, 0.1) is 4.90 Å². The fourth-order valence-electron chi connectivity index (χ4n) is 0.740. The molecule has 0 aliphatic carbocycles. The number of hydrogen-bond acceptors (Lipinski definition) is 3. The topological polar surface area (TPSA) is 54.4 Å². The van der Waals surface area contributed by atoms with Crippen LogP contribution in [-0.4, -0.2) is 18.7 Å². The Bertz CT molecular complexity index is 372. The zero-order valence-corrected chi connectivity index (χ0v) is 7.64. The maximum Gasteiger partial charge on any atom is 0.192 e. The summed E-state index contributed by atoms with van der Waals surface area (Å²) in [7, 11) is -3.42. The molecule has 0 aliphatic heterocycles. The van der Waals surface area contributed by atoms with Gasteiger partial charge in [0, 0.05) is 0 Å². The second kappa shape index (κ2) is 3.33. The van der Waals surface area contributed by atoms with Gasteiger partial charge in [-0.15, -0.1) is 11.6 Å². The summed E-state index contributed by atoms with van der Waals surface area (Å²) in [5.74, 6) is -0.0822. The Morgan fingerprint density at radius 1 is 1.42 bits per heavy atom. The molecule has 1 aromatic carbocycles. The first-order valence-corrected chi connectivity index (χ1v) is 5.33. The molecular weight excluding hydrogens is 200 g/mol. The van der Waals surface area contributed by atoms with Crippen LogP contribution in [0.3, 0.4) is 0 Å². The van der Waals surface area contributed by atoms with Crippen molar-refractivity contribution >= 4 is 21.4 Å². The van der Waals surface area contributed by atoms with Crippen LogP contribution in [0.4, 0.5) is 0 Å². The van der Waals surface area contributed by atoms with Crippen molar-refractivity contribution in [3.05, 3.63) is 24.3 Å². The van der Waals surface area contributed by atoms with Crippen molar-refractivity contribution in [3.63, 3.8) is 0 Å². The summed E-state index contributed by atoms with van der Waals surface area (Å²) >= 11 is 5.21. The zero-order chi connectivity index (χ0) is 9.19. The average Bonchev–Trinajstić information content (AvgIpc) is 2.05. The van der Waals surface area contributed by atoms with Gasteiger partial charge < -0.3 is 5.11 Å². The number of hydrogen-bond donors (Lipinski definition) is 1. The Morgan fingerprint density at radius 2 is 2.08 bits per heavy atom. The summed E-state index contributed by atoms with van der Waals surface area (Å²) in [5, 5.41) is 8.49. The molecule has 0 aliphatic rings. The van der Waals surface area contributed by atoms with Gasteiger partial charge in [-0.1, -0.05) is 6.07 Å². The van der Waals surface area contributed by atoms with E-state index in [0.717, 1.165) is 6.07 Å². The largest absolute Gasteiger partial charge is 0.508 e. The SMILES string of the molecule is O=S(=O)(CCl)c1cccc(O)c1. The van der Waals surface area contributed by atoms with Crippen LogP contribution in [0.15, 0.2) is 29.2 Å². The van der Waals surface area contributed by atoms with Gasteiger partial charge in [0.2, 0.25) is 0 Å². The molecule has 66 valence electrons. The van der Waals surface area contributed by atoms with Crippen LogP contribution in [0.5, 0.6) is 5.75 Å². The lowest BCUT2D eigenvalue weighted by atomic mass is 10.3. The molecule has 1 aromatic rings. The lowest BCUT2D eigenvalue weighted by Gasteiger charge is -1.99. The van der Waals surface area contributed by atoms with E-state index in [4.69, 9.17) is 16.7 Å². The van der Waals surface area contributed by atoms with Gasteiger partial charge in [-0.2, -0.15) is 0 Å². The van der Waals surface area contributed by atoms with Gasteiger partial charge in [0.1, 0.15) is 11.0 Å². The van der Waals surface area contributed by atoms with Crippen LogP contribution < -0.4 is 0 Å². The highest BCUT2D eigenvalue weighted by Crippen LogP contribution is 2.17. The smallest absolute Gasteiger partial charge is 0.192 e. The summed E-state index contributed by atoms with van der Waals surface area (Å²) in [4.78, 5) is 0.0394. The molecule has 0 amide bonds. The Balaban J connectivity index is 3.21. The van der Waals surface area contributed by atoms with Gasteiger partial charge in [-0.25, -0.2) is 8.42 Å². The highest BCUT2D eigenvalue weighted by atomic mass is 35.5. The van der Waals surface area contributed by atoms with E-state index in [-0.39, 0.29) is 10.6 Å². The molecule has 3 nitrogen and oxygen atoms in total. The number of sulfone groups is 1. The molecule has 0 aromatic heterocycles. The maximum absolute atomic E-state index is 11.1. The quantitative estimate of drug-likeness (QED) is 0.744. The Labute approximate surface area is 75.5 Å². The molecule has 0 spiro atoms. The van der Waals surface area contributed by atoms with E-state index in [1.165, 1.54) is 18.2 Å². The third-order valence-corrected chi connectivity index (χ3v) is 3.44. The van der Waals surface area contributed by atoms with E-state index >= 15 is 0 Å². The van der Waals surface area contributed by atoms with Crippen molar-refractivity contribution in [2.24, 2.45) is 0 Å². The number of aromatic hydroxyl groups is 1. The van der Waals surface area contributed by atoms with Crippen molar-refractivity contribution in [1.29, 1.82) is 0 Å². The van der Waals surface area contributed by atoms with E-state index in [0.29, 0.717) is 0 Å². The first kappa shape index (κ1) is 9.35. The molecule has 0 saturated heterocycles. The predicted octanol–water partition coefficient (Wildman–Crippen LogP) is 1.36. The molecule has 0 bridgehead atoms. The molecule has 5 heteroatoms. The van der Waals surface area contributed by atoms with Gasteiger partial charge in [0.15, 0.2) is 9.84 Å². The van der Waals surface area contributed by atoms with Crippen LogP contribution in [-0.2, 0) is 9.84 Å². The third kappa shape index (κ3) is 1.89. The number of rotatable bonds is 2. The molecular formula is C7H7ClO3S. The first-order chi connectivity index (χ1) is 5.56. The summed E-state index contributed by atoms with van der Waals surface area (Å²) in [5.41, 5.74) is 0. The fraction of sp³-hybridized carbons (Fsp3) is 0.143. The van der Waals surface area contributed by atoms with E-state index < -0.39 is 15.0 Å². The van der Waals surface area contributed by atoms with Crippen LogP contribution in [0.2, 0.25) is 0 Å². The average molecular weight is 207 g/mol. The number of benzene rings is 1. The second-order valence-corrected chi connectivity index (χ2v) is 4.79. The Morgan fingerprint density at radius 3 is 2.58 bits per heavy atom. The van der Waals surface area contributed by atoms with E-state index in [2.05, 4.69) is 0 Å². The zero-order valence-electron chi connectivity index (χ0n) is 6.07. The van der Waals surface area contributed by atoms with Crippen molar-refractivity contribution in [2.45, 2.75) is 4.90 Å². The highest BCUT2D eigenvalue weighted by Gasteiger charge is 2.12. The van der Waals surface area contributed by atoms with Crippen molar-refractivity contribution < 1.29 is 13.5 Å². The van der Waals surface area contributed by atoms with Gasteiger partial charge in [0.25, 0.3) is 0 Å². The molecule has 0 atom stereocenters. The van der Waals surface area contributed by atoms with Crippen LogP contribution in [0, 0.1) is 0 Å². The van der Waals surface area contributed by atoms with Gasteiger partial charge in [-0.3, -0.25) is 0 Å². The van der Waals surface area contributed by atoms with Gasteiger partial charge in [-0.05, 0) is 18.2 Å². The van der Waals surface area contributed by atoms with Crippen LogP contribution in [0.1, 0.15) is 0 Å². The minimum atomic E-state index is -3.42. The normalized spacial score (nSPS) is 11.4. The standard InChI is InChI=1S/C7H7ClO3S/c8-5-12(10,11)7-3-1-2-6(9)4-7/h1-4,9H,5H2. The Kier molecular flexibility index (Phi) is 2.59. The summed E-state index contributed by atoms with van der Waals surface area (Å²) < 4.78 is 22.2. The summed E-state index contributed by atoms with van der Waals surface area (Å²) in [6.07, 6.45) is 0. The summed E-state index contributed by atoms with van der Waals surface area (Å²) in [6.45, 7) is 0. The second-order valence-electron chi connectivity index (χ2n) is 2.22. The molecule has 0 radical (unpaired) electrons. The van der Waals surface area contributed by atoms with Gasteiger partial charge >= 0.3 is 0 Å². The van der Waals surface area contributed by atoms with Crippen LogP contribution in [0.25, 0.3) is 0 Å². The number of alkyl halides is 1. The monoisotopic (exact) mass is 206 g/mol. The summed E-state index contributed by atoms with van der Waals surface area (Å²) in [6, 6.07) is 5.40. The fourth-order valence-corrected chi connectivity index (χ4v) is 1.83. The molecule has 0 saturated carbocycles. The molecule has 1 rings (SSSR count). The highest BCUT2D eigenvalue weighted by molar-refractivity contribution is 7.92. The van der Waals surface area contributed by atoms with E-state index in [1.54, 1.807) is 0 Å². The molecule has 1 N–H and O–H groups in total. The van der Waals surface area contributed by atoms with Crippen molar-refractivity contribution in [3.8, 4) is 5.75 Å². The van der Waals surface area contributed by atoms with Crippen molar-refractivity contribution in [2.75, 3.05) is 5.21 Å². The molecule has 0 heterocycles.